The van der Waals surface area contributed by atoms with E-state index >= 15 is 0 Å². The van der Waals surface area contributed by atoms with Gasteiger partial charge in [0.05, 0.1) is 28.6 Å². The summed E-state index contributed by atoms with van der Waals surface area (Å²) in [6.07, 6.45) is 1.93. The van der Waals surface area contributed by atoms with E-state index in [9.17, 15) is 0 Å². The van der Waals surface area contributed by atoms with E-state index < -0.39 is 0 Å². The maximum atomic E-state index is 5.70. The molecule has 4 heteroatoms. The van der Waals surface area contributed by atoms with Gasteiger partial charge in [-0.15, -0.1) is 11.3 Å². The van der Waals surface area contributed by atoms with Crippen LogP contribution in [0.2, 0.25) is 0 Å². The van der Waals surface area contributed by atoms with E-state index in [1.165, 1.54) is 10.2 Å². The third-order valence-electron chi connectivity index (χ3n) is 1.40. The highest BCUT2D eigenvalue weighted by Gasteiger charge is 2.03. The Morgan fingerprint density at radius 1 is 1.60 bits per heavy atom. The Balaban J connectivity index is 2.98. The van der Waals surface area contributed by atoms with Gasteiger partial charge in [0.25, 0.3) is 0 Å². The van der Waals surface area contributed by atoms with Crippen molar-refractivity contribution >= 4 is 50.1 Å². The number of thiophene rings is 1. The van der Waals surface area contributed by atoms with Gasteiger partial charge in [0.2, 0.25) is 0 Å². The normalized spacial score (nSPS) is 10.9. The van der Waals surface area contributed by atoms with Gasteiger partial charge >= 0.3 is 0 Å². The van der Waals surface area contributed by atoms with E-state index in [4.69, 9.17) is 5.73 Å². The van der Waals surface area contributed by atoms with Crippen molar-refractivity contribution in [1.29, 1.82) is 0 Å². The van der Waals surface area contributed by atoms with Crippen molar-refractivity contribution in [2.75, 3.05) is 5.73 Å². The van der Waals surface area contributed by atoms with Crippen LogP contribution in [-0.4, -0.2) is 2.78 Å². The van der Waals surface area contributed by atoms with Crippen molar-refractivity contribution in [3.8, 4) is 0 Å². The van der Waals surface area contributed by atoms with Gasteiger partial charge in [-0.05, 0) is 11.4 Å². The largest absolute Gasteiger partial charge is 0.397 e. The molecule has 0 unspecified atom stereocenters. The lowest BCUT2D eigenvalue weighted by atomic mass is 10.4. The van der Waals surface area contributed by atoms with Gasteiger partial charge in [0, 0.05) is 11.6 Å². The predicted molar refractivity (Wildman–Crippen MR) is 53.6 cm³/mol. The summed E-state index contributed by atoms with van der Waals surface area (Å²) in [7, 11) is 0. The molecule has 2 aromatic rings. The molecule has 0 bridgehead atoms. The first kappa shape index (κ1) is 6.48. The molecule has 0 saturated carbocycles. The maximum absolute atomic E-state index is 5.70. The molecule has 2 heterocycles. The minimum absolute atomic E-state index is 0.866. The quantitative estimate of drug-likeness (QED) is 0.728. The van der Waals surface area contributed by atoms with Crippen LogP contribution in [0.15, 0.2) is 17.6 Å². The maximum Gasteiger partial charge on any atom is 0.113 e. The number of hydrogen-bond acceptors (Lipinski definition) is 2. The van der Waals surface area contributed by atoms with Crippen LogP contribution in [0.4, 0.5) is 5.69 Å². The zero-order valence-electron chi connectivity index (χ0n) is 5.04. The minimum Gasteiger partial charge on any atom is -0.397 e. The number of nitrogen functional groups attached to an aromatic ring is 1. The number of fused-ring (bicyclic) bond motifs is 1. The van der Waals surface area contributed by atoms with E-state index in [1.54, 1.807) is 11.3 Å². The monoisotopic (exact) mass is 264 g/mol. The summed E-state index contributed by atoms with van der Waals surface area (Å²) in [6.45, 7) is 0. The molecule has 52 valence electrons. The summed E-state index contributed by atoms with van der Waals surface area (Å²) in [4.78, 5) is 1.23. The van der Waals surface area contributed by atoms with E-state index in [0.717, 1.165) is 5.69 Å². The highest BCUT2D eigenvalue weighted by molar-refractivity contribution is 14.1. The first-order valence-electron chi connectivity index (χ1n) is 2.79. The molecule has 0 aliphatic heterocycles. The fourth-order valence-electron chi connectivity index (χ4n) is 0.937. The number of anilines is 1. The predicted octanol–water partition coefficient (Wildman–Crippen LogP) is 2.48. The molecule has 0 fully saturated rings. The molecule has 2 aromatic heterocycles. The lowest BCUT2D eigenvalue weighted by Crippen LogP contribution is -1.78. The molecule has 0 aromatic carbocycles. The van der Waals surface area contributed by atoms with Crippen molar-refractivity contribution in [1.82, 2.24) is 2.78 Å². The number of hydrogen-bond donors (Lipinski definition) is 1. The SMILES string of the molecule is Nc1cn(I)c2sccc12. The number of aromatic nitrogens is 1. The Morgan fingerprint density at radius 2 is 2.40 bits per heavy atom. The molecule has 0 spiro atoms. The molecule has 10 heavy (non-hydrogen) atoms. The van der Waals surface area contributed by atoms with Gasteiger partial charge < -0.3 is 5.73 Å². The van der Waals surface area contributed by atoms with Gasteiger partial charge in [0.1, 0.15) is 4.83 Å². The fraction of sp³-hybridized carbons (Fsp3) is 0. The van der Waals surface area contributed by atoms with Crippen LogP contribution in [-0.2, 0) is 0 Å². The number of nitrogens with two attached hydrogens (primary N) is 1. The van der Waals surface area contributed by atoms with Crippen molar-refractivity contribution < 1.29 is 0 Å². The van der Waals surface area contributed by atoms with E-state index in [-0.39, 0.29) is 0 Å². The topological polar surface area (TPSA) is 30.9 Å². The summed E-state index contributed by atoms with van der Waals surface area (Å²) in [6, 6.07) is 2.05. The van der Waals surface area contributed by atoms with E-state index in [0.29, 0.717) is 0 Å². The smallest absolute Gasteiger partial charge is 0.113 e. The number of rotatable bonds is 0. The third-order valence-corrected chi connectivity index (χ3v) is 3.40. The van der Waals surface area contributed by atoms with E-state index in [2.05, 4.69) is 28.2 Å². The lowest BCUT2D eigenvalue weighted by Gasteiger charge is -1.82. The average molecular weight is 264 g/mol. The van der Waals surface area contributed by atoms with Crippen LogP contribution in [0, 0.1) is 0 Å². The van der Waals surface area contributed by atoms with Gasteiger partial charge in [-0.25, -0.2) is 0 Å². The van der Waals surface area contributed by atoms with Crippen molar-refractivity contribution in [3.05, 3.63) is 17.6 Å². The molecule has 0 amide bonds. The second kappa shape index (κ2) is 2.13. The zero-order valence-corrected chi connectivity index (χ0v) is 8.02. The molecular formula is C6H5IN2S. The Kier molecular flexibility index (Phi) is 1.38. The molecule has 2 N–H and O–H groups in total. The molecule has 0 radical (unpaired) electrons. The second-order valence-corrected chi connectivity index (χ2v) is 3.97. The van der Waals surface area contributed by atoms with Crippen LogP contribution in [0.25, 0.3) is 10.2 Å². The Hall–Kier alpha value is -0.230. The van der Waals surface area contributed by atoms with Crippen LogP contribution in [0.5, 0.6) is 0 Å². The summed E-state index contributed by atoms with van der Waals surface area (Å²) >= 11 is 3.93. The number of halogens is 1. The number of nitrogens with zero attached hydrogens (tertiary/aromatic N) is 1. The molecule has 0 aliphatic rings. The van der Waals surface area contributed by atoms with Crippen molar-refractivity contribution in [2.24, 2.45) is 0 Å². The van der Waals surface area contributed by atoms with Gasteiger partial charge in [-0.2, -0.15) is 0 Å². The van der Waals surface area contributed by atoms with Crippen LogP contribution in [0.1, 0.15) is 0 Å². The molecule has 0 atom stereocenters. The molecule has 2 rings (SSSR count). The van der Waals surface area contributed by atoms with Crippen LogP contribution < -0.4 is 5.73 Å². The zero-order chi connectivity index (χ0) is 7.14. The lowest BCUT2D eigenvalue weighted by molar-refractivity contribution is 1.45. The van der Waals surface area contributed by atoms with Crippen LogP contribution >= 0.6 is 34.2 Å². The summed E-state index contributed by atoms with van der Waals surface area (Å²) in [5.74, 6) is 0. The Morgan fingerprint density at radius 3 is 3.10 bits per heavy atom. The molecular weight excluding hydrogens is 259 g/mol. The summed E-state index contributed by atoms with van der Waals surface area (Å²) in [5.41, 5.74) is 6.57. The highest BCUT2D eigenvalue weighted by Crippen LogP contribution is 2.29. The standard InChI is InChI=1S/C6H5IN2S/c7-9-3-5(8)4-1-2-10-6(4)9/h1-3H,8H2. The van der Waals surface area contributed by atoms with Gasteiger partial charge in [0.15, 0.2) is 0 Å². The second-order valence-electron chi connectivity index (χ2n) is 2.04. The fourth-order valence-corrected chi connectivity index (χ4v) is 2.64. The highest BCUT2D eigenvalue weighted by atomic mass is 127. The Labute approximate surface area is 76.1 Å². The summed E-state index contributed by atoms with van der Waals surface area (Å²) < 4.78 is 2.02. The minimum atomic E-state index is 0.866. The van der Waals surface area contributed by atoms with Crippen LogP contribution in [0.3, 0.4) is 0 Å². The van der Waals surface area contributed by atoms with Crippen molar-refractivity contribution in [2.45, 2.75) is 0 Å². The van der Waals surface area contributed by atoms with Gasteiger partial charge in [-0.1, -0.05) is 0 Å². The molecule has 2 nitrogen and oxygen atoms in total. The molecule has 0 aliphatic carbocycles. The first-order chi connectivity index (χ1) is 4.79. The first-order valence-corrected chi connectivity index (χ1v) is 4.63. The van der Waals surface area contributed by atoms with Crippen molar-refractivity contribution in [3.63, 3.8) is 0 Å². The van der Waals surface area contributed by atoms with Gasteiger partial charge in [-0.3, -0.25) is 2.78 Å². The Bertz CT molecular complexity index is 331. The summed E-state index contributed by atoms with van der Waals surface area (Å²) in [5, 5.41) is 3.22. The molecule has 0 saturated heterocycles. The van der Waals surface area contributed by atoms with E-state index in [1.807, 2.05) is 15.0 Å². The average Bonchev–Trinajstić information content (AvgIpc) is 2.39. The third kappa shape index (κ3) is 0.751.